The average molecular weight is 499 g/mol. The van der Waals surface area contributed by atoms with Gasteiger partial charge in [-0.25, -0.2) is 0 Å². The van der Waals surface area contributed by atoms with Gasteiger partial charge < -0.3 is 35.7 Å². The van der Waals surface area contributed by atoms with Crippen LogP contribution in [-0.2, 0) is 19.2 Å². The molecule has 0 radical (unpaired) electrons. The van der Waals surface area contributed by atoms with E-state index in [1.165, 1.54) is 44.9 Å². The lowest BCUT2D eigenvalue weighted by atomic mass is 10.1. The van der Waals surface area contributed by atoms with Crippen molar-refractivity contribution in [2.45, 2.75) is 98.0 Å². The number of aliphatic hydroxyl groups is 3. The molecule has 0 aliphatic heterocycles. The van der Waals surface area contributed by atoms with Crippen LogP contribution in [0.15, 0.2) is 12.2 Å². The summed E-state index contributed by atoms with van der Waals surface area (Å²) >= 11 is 0. The van der Waals surface area contributed by atoms with Gasteiger partial charge in [-0.2, -0.15) is 0 Å². The van der Waals surface area contributed by atoms with Crippen molar-refractivity contribution in [1.29, 1.82) is 0 Å². The maximum absolute atomic E-state index is 10.3. The highest BCUT2D eigenvalue weighted by molar-refractivity contribution is 5.66. The molecule has 0 aliphatic carbocycles. The molecule has 0 rings (SSSR count). The lowest BCUT2D eigenvalue weighted by molar-refractivity contribution is -0.137. The monoisotopic (exact) mass is 498 g/mol. The maximum atomic E-state index is 10.3. The smallest absolute Gasteiger partial charge is 0.303 e. The van der Waals surface area contributed by atoms with Crippen LogP contribution in [0.5, 0.6) is 0 Å². The number of hydrogen-bond acceptors (Lipinski definition) is 7. The van der Waals surface area contributed by atoms with Crippen molar-refractivity contribution in [2.24, 2.45) is 0 Å². The Bertz CT molecular complexity index is 447. The van der Waals surface area contributed by atoms with Gasteiger partial charge in [-0.1, -0.05) is 51.2 Å². The molecule has 0 aromatic carbocycles. The zero-order valence-electron chi connectivity index (χ0n) is 21.0. The molecule has 0 amide bonds. The first-order valence-electron chi connectivity index (χ1n) is 11.1. The van der Waals surface area contributed by atoms with E-state index in [1.807, 2.05) is 0 Å². The Kier molecular flexibility index (Phi) is 46.4. The fourth-order valence-corrected chi connectivity index (χ4v) is 1.68. The molecule has 7 N–H and O–H groups in total. The van der Waals surface area contributed by atoms with E-state index in [4.69, 9.17) is 50.1 Å². The molecule has 0 aromatic heterocycles. The molecule has 11 heteroatoms. The number of carbonyl (C=O) groups is 4. The molecule has 11 nitrogen and oxygen atoms in total. The van der Waals surface area contributed by atoms with Gasteiger partial charge in [-0.3, -0.25) is 19.2 Å². The van der Waals surface area contributed by atoms with Crippen molar-refractivity contribution < 1.29 is 54.9 Å². The Labute approximate surface area is 202 Å². The third-order valence-electron chi connectivity index (χ3n) is 3.07. The SMILES string of the molecule is CC(=O)O.CC(=O)O.CC(=O)O.CCCC/C=C\CCCCCCCC(=O)O.OCC(O)CO. The van der Waals surface area contributed by atoms with Gasteiger partial charge in [0, 0.05) is 27.2 Å². The Balaban J connectivity index is -0.000000127. The summed E-state index contributed by atoms with van der Waals surface area (Å²) in [6, 6.07) is 0. The second kappa shape index (κ2) is 37.8. The molecule has 0 unspecified atom stereocenters. The maximum Gasteiger partial charge on any atom is 0.303 e. The Hall–Kier alpha value is -2.50. The topological polar surface area (TPSA) is 210 Å². The molecule has 0 saturated heterocycles. The highest BCUT2D eigenvalue weighted by Gasteiger charge is 1.95. The second-order valence-corrected chi connectivity index (χ2v) is 6.89. The van der Waals surface area contributed by atoms with Crippen LogP contribution >= 0.6 is 0 Å². The number of aliphatic carboxylic acids is 4. The minimum atomic E-state index is -0.954. The number of carboxylic acid groups (broad SMARTS) is 4. The Morgan fingerprint density at radius 1 is 0.647 bits per heavy atom. The van der Waals surface area contributed by atoms with Crippen molar-refractivity contribution in [3.05, 3.63) is 12.2 Å². The first kappa shape index (κ1) is 41.7. The van der Waals surface area contributed by atoms with Gasteiger partial charge in [0.2, 0.25) is 0 Å². The van der Waals surface area contributed by atoms with Gasteiger partial charge in [0.15, 0.2) is 0 Å². The molecule has 204 valence electrons. The van der Waals surface area contributed by atoms with E-state index in [1.54, 1.807) is 0 Å². The molecule has 0 aromatic rings. The first-order chi connectivity index (χ1) is 15.8. The van der Waals surface area contributed by atoms with Gasteiger partial charge in [0.25, 0.3) is 17.9 Å². The average Bonchev–Trinajstić information content (AvgIpc) is 2.70. The lowest BCUT2D eigenvalue weighted by Crippen LogP contribution is -2.15. The summed E-state index contributed by atoms with van der Waals surface area (Å²) in [7, 11) is 0. The molecule has 0 bridgehead atoms. The molecule has 34 heavy (non-hydrogen) atoms. The summed E-state index contributed by atoms with van der Waals surface area (Å²) < 4.78 is 0. The van der Waals surface area contributed by atoms with Gasteiger partial charge in [-0.15, -0.1) is 0 Å². The zero-order valence-corrected chi connectivity index (χ0v) is 21.0. The molecule has 0 atom stereocenters. The van der Waals surface area contributed by atoms with Crippen molar-refractivity contribution >= 4 is 23.9 Å². The van der Waals surface area contributed by atoms with Crippen molar-refractivity contribution in [3.8, 4) is 0 Å². The fraction of sp³-hybridized carbons (Fsp3) is 0.739. The van der Waals surface area contributed by atoms with Gasteiger partial charge in [-0.05, 0) is 25.7 Å². The summed E-state index contributed by atoms with van der Waals surface area (Å²) in [6.45, 7) is 4.73. The largest absolute Gasteiger partial charge is 0.481 e. The first-order valence-corrected chi connectivity index (χ1v) is 11.1. The molecule has 0 fully saturated rings. The number of rotatable bonds is 13. The van der Waals surface area contributed by atoms with Crippen LogP contribution in [0.2, 0.25) is 0 Å². The molecular weight excluding hydrogens is 452 g/mol. The van der Waals surface area contributed by atoms with Crippen molar-refractivity contribution in [2.75, 3.05) is 13.2 Å². The van der Waals surface area contributed by atoms with Crippen LogP contribution in [-0.4, -0.2) is 78.9 Å². The van der Waals surface area contributed by atoms with E-state index in [-0.39, 0.29) is 13.2 Å². The molecule has 0 aliphatic rings. The van der Waals surface area contributed by atoms with E-state index in [0.29, 0.717) is 6.42 Å². The minimum Gasteiger partial charge on any atom is -0.481 e. The zero-order chi connectivity index (χ0) is 27.8. The minimum absolute atomic E-state index is 0.330. The highest BCUT2D eigenvalue weighted by atomic mass is 16.4. The van der Waals surface area contributed by atoms with E-state index in [9.17, 15) is 4.79 Å². The number of hydrogen-bond donors (Lipinski definition) is 7. The van der Waals surface area contributed by atoms with Crippen LogP contribution in [0.25, 0.3) is 0 Å². The molecule has 0 saturated carbocycles. The molecule has 0 spiro atoms. The standard InChI is InChI=1S/C14H26O2.C3H8O3.3C2H4O2/c1-2-3-4-5-6-7-8-9-10-11-12-13-14(15)16;4-1-3(6)2-5;3*1-2(3)4/h5-6H,2-4,7-13H2,1H3,(H,15,16);3-6H,1-2H2;3*1H3,(H,3,4)/b6-5-;;;;. The van der Waals surface area contributed by atoms with E-state index in [0.717, 1.165) is 33.6 Å². The normalized spacial score (nSPS) is 9.18. The third kappa shape index (κ3) is 114. The van der Waals surface area contributed by atoms with Crippen LogP contribution < -0.4 is 0 Å². The van der Waals surface area contributed by atoms with E-state index >= 15 is 0 Å². The van der Waals surface area contributed by atoms with Crippen LogP contribution in [0, 0.1) is 0 Å². The molecular formula is C23H46O11. The second-order valence-electron chi connectivity index (χ2n) is 6.89. The van der Waals surface area contributed by atoms with Crippen molar-refractivity contribution in [3.63, 3.8) is 0 Å². The predicted molar refractivity (Wildman–Crippen MR) is 129 cm³/mol. The van der Waals surface area contributed by atoms with E-state index < -0.39 is 30.0 Å². The third-order valence-corrected chi connectivity index (χ3v) is 3.07. The summed E-state index contributed by atoms with van der Waals surface area (Å²) in [5.41, 5.74) is 0. The number of allylic oxidation sites excluding steroid dienone is 2. The summed E-state index contributed by atoms with van der Waals surface area (Å²) in [6.07, 6.45) is 14.5. The summed E-state index contributed by atoms with van der Waals surface area (Å²) in [5.74, 6) is -3.17. The fourth-order valence-electron chi connectivity index (χ4n) is 1.68. The summed E-state index contributed by atoms with van der Waals surface area (Å²) in [5, 5.41) is 54.7. The molecule has 0 heterocycles. The number of aliphatic hydroxyl groups excluding tert-OH is 3. The van der Waals surface area contributed by atoms with Crippen LogP contribution in [0.4, 0.5) is 0 Å². The highest BCUT2D eigenvalue weighted by Crippen LogP contribution is 2.08. The number of unbranched alkanes of at least 4 members (excludes halogenated alkanes) is 7. The quantitative estimate of drug-likeness (QED) is 0.145. The van der Waals surface area contributed by atoms with Crippen LogP contribution in [0.3, 0.4) is 0 Å². The van der Waals surface area contributed by atoms with E-state index in [2.05, 4.69) is 19.1 Å². The summed E-state index contributed by atoms with van der Waals surface area (Å²) in [4.78, 5) is 37.3. The van der Waals surface area contributed by atoms with Crippen molar-refractivity contribution in [1.82, 2.24) is 0 Å². The number of carboxylic acids is 4. The lowest BCUT2D eigenvalue weighted by Gasteiger charge is -1.98. The van der Waals surface area contributed by atoms with Gasteiger partial charge in [0.1, 0.15) is 6.10 Å². The van der Waals surface area contributed by atoms with Gasteiger partial charge >= 0.3 is 5.97 Å². The van der Waals surface area contributed by atoms with Crippen LogP contribution in [0.1, 0.15) is 91.9 Å². The predicted octanol–water partition coefficient (Wildman–Crippen LogP) is 3.15. The van der Waals surface area contributed by atoms with Gasteiger partial charge in [0.05, 0.1) is 13.2 Å². The Morgan fingerprint density at radius 3 is 1.26 bits per heavy atom. The Morgan fingerprint density at radius 2 is 0.971 bits per heavy atom.